The zero-order valence-corrected chi connectivity index (χ0v) is 11.2. The second kappa shape index (κ2) is 7.11. The lowest BCUT2D eigenvalue weighted by Gasteiger charge is -2.17. The van der Waals surface area contributed by atoms with Gasteiger partial charge in [-0.3, -0.25) is 0 Å². The Morgan fingerprint density at radius 1 is 1.33 bits per heavy atom. The molecule has 1 aromatic heterocycles. The third kappa shape index (κ3) is 3.96. The fourth-order valence-electron chi connectivity index (χ4n) is 2.18. The maximum Gasteiger partial charge on any atom is 0.229 e. The van der Waals surface area contributed by atoms with Gasteiger partial charge >= 0.3 is 0 Å². The molecule has 6 heteroatoms. The van der Waals surface area contributed by atoms with Gasteiger partial charge < -0.3 is 14.7 Å². The molecule has 1 heterocycles. The lowest BCUT2D eigenvalue weighted by molar-refractivity contribution is 0.113. The molecule has 1 aromatic rings. The van der Waals surface area contributed by atoms with Crippen LogP contribution < -0.4 is 0 Å². The van der Waals surface area contributed by atoms with Gasteiger partial charge in [-0.05, 0) is 12.8 Å². The van der Waals surface area contributed by atoms with Gasteiger partial charge in [-0.1, -0.05) is 24.4 Å². The van der Waals surface area contributed by atoms with Gasteiger partial charge in [-0.2, -0.15) is 16.7 Å². The summed E-state index contributed by atoms with van der Waals surface area (Å²) in [5, 5.41) is 21.9. The molecular formula is C12H20N2O3S. The summed E-state index contributed by atoms with van der Waals surface area (Å²) in [6.07, 6.45) is 5.45. The van der Waals surface area contributed by atoms with Crippen LogP contribution in [0.1, 0.15) is 49.7 Å². The second-order valence-corrected chi connectivity index (χ2v) is 5.77. The highest BCUT2D eigenvalue weighted by molar-refractivity contribution is 7.98. The molecule has 0 aliphatic heterocycles. The Bertz CT molecular complexity index is 353. The summed E-state index contributed by atoms with van der Waals surface area (Å²) >= 11 is 1.50. The summed E-state index contributed by atoms with van der Waals surface area (Å²) in [6.45, 7) is -0.202. The molecule has 2 N–H and O–H groups in total. The minimum Gasteiger partial charge on any atom is -0.394 e. The van der Waals surface area contributed by atoms with Crippen molar-refractivity contribution in [2.45, 2.75) is 49.9 Å². The molecule has 5 nitrogen and oxygen atoms in total. The fraction of sp³-hybridized carbons (Fsp3) is 0.833. The number of rotatable bonds is 6. The van der Waals surface area contributed by atoms with E-state index in [9.17, 15) is 5.11 Å². The van der Waals surface area contributed by atoms with Gasteiger partial charge in [0.2, 0.25) is 5.89 Å². The summed E-state index contributed by atoms with van der Waals surface area (Å²) in [4.78, 5) is 4.41. The van der Waals surface area contributed by atoms with Gasteiger partial charge in [0.25, 0.3) is 0 Å². The molecule has 1 atom stereocenters. The predicted octanol–water partition coefficient (Wildman–Crippen LogP) is 1.70. The molecule has 1 aliphatic carbocycles. The van der Waals surface area contributed by atoms with E-state index in [4.69, 9.17) is 9.63 Å². The van der Waals surface area contributed by atoms with E-state index in [1.165, 1.54) is 31.0 Å². The average molecular weight is 272 g/mol. The van der Waals surface area contributed by atoms with E-state index in [0.717, 1.165) is 18.7 Å². The van der Waals surface area contributed by atoms with Crippen molar-refractivity contribution in [2.75, 3.05) is 12.4 Å². The molecule has 0 aromatic carbocycles. The number of aliphatic hydroxyl groups is 2. The van der Waals surface area contributed by atoms with Crippen LogP contribution in [0.4, 0.5) is 0 Å². The normalized spacial score (nSPS) is 19.0. The zero-order chi connectivity index (χ0) is 12.8. The SMILES string of the molecule is OCC(O)CSCc1noc(C2CCCCC2)n1. The molecular weight excluding hydrogens is 252 g/mol. The van der Waals surface area contributed by atoms with E-state index in [0.29, 0.717) is 23.2 Å². The minimum atomic E-state index is -0.667. The largest absolute Gasteiger partial charge is 0.394 e. The summed E-state index contributed by atoms with van der Waals surface area (Å²) < 4.78 is 5.30. The number of aliphatic hydroxyl groups excluding tert-OH is 2. The van der Waals surface area contributed by atoms with Crippen molar-refractivity contribution in [1.82, 2.24) is 10.1 Å². The molecule has 0 bridgehead atoms. The zero-order valence-electron chi connectivity index (χ0n) is 10.4. The van der Waals surface area contributed by atoms with Crippen LogP contribution in [0, 0.1) is 0 Å². The molecule has 1 unspecified atom stereocenters. The lowest BCUT2D eigenvalue weighted by atomic mass is 9.89. The topological polar surface area (TPSA) is 79.4 Å². The van der Waals surface area contributed by atoms with Gasteiger partial charge in [-0.25, -0.2) is 0 Å². The Hall–Kier alpha value is -0.590. The summed E-state index contributed by atoms with van der Waals surface area (Å²) in [5.41, 5.74) is 0. The summed E-state index contributed by atoms with van der Waals surface area (Å²) in [7, 11) is 0. The maximum atomic E-state index is 9.21. The minimum absolute atomic E-state index is 0.202. The predicted molar refractivity (Wildman–Crippen MR) is 69.4 cm³/mol. The Kier molecular flexibility index (Phi) is 5.46. The van der Waals surface area contributed by atoms with Crippen LogP contribution in [-0.4, -0.2) is 38.8 Å². The van der Waals surface area contributed by atoms with Gasteiger partial charge in [0.1, 0.15) is 0 Å². The molecule has 0 radical (unpaired) electrons. The first-order valence-electron chi connectivity index (χ1n) is 6.48. The molecule has 2 rings (SSSR count). The second-order valence-electron chi connectivity index (χ2n) is 4.74. The van der Waals surface area contributed by atoms with E-state index < -0.39 is 6.10 Å². The summed E-state index contributed by atoms with van der Waals surface area (Å²) in [5.74, 6) is 3.00. The first-order valence-corrected chi connectivity index (χ1v) is 7.64. The monoisotopic (exact) mass is 272 g/mol. The number of aromatic nitrogens is 2. The van der Waals surface area contributed by atoms with E-state index >= 15 is 0 Å². The molecule has 1 aliphatic rings. The molecule has 18 heavy (non-hydrogen) atoms. The van der Waals surface area contributed by atoms with E-state index in [1.54, 1.807) is 0 Å². The number of thioether (sulfide) groups is 1. The Balaban J connectivity index is 1.78. The Morgan fingerprint density at radius 2 is 2.11 bits per heavy atom. The standard InChI is InChI=1S/C12H20N2O3S/c15-6-10(16)7-18-8-11-13-12(17-14-11)9-4-2-1-3-5-9/h9-10,15-16H,1-8H2. The molecule has 1 saturated carbocycles. The van der Waals surface area contributed by atoms with Crippen molar-refractivity contribution in [3.05, 3.63) is 11.7 Å². The molecule has 0 amide bonds. The van der Waals surface area contributed by atoms with E-state index in [2.05, 4.69) is 10.1 Å². The van der Waals surface area contributed by atoms with Crippen molar-refractivity contribution in [2.24, 2.45) is 0 Å². The highest BCUT2D eigenvalue weighted by Gasteiger charge is 2.21. The Labute approximate surface area is 111 Å². The van der Waals surface area contributed by atoms with Crippen LogP contribution in [0.5, 0.6) is 0 Å². The van der Waals surface area contributed by atoms with Crippen LogP contribution in [-0.2, 0) is 5.75 Å². The van der Waals surface area contributed by atoms with Crippen LogP contribution in [0.2, 0.25) is 0 Å². The first-order chi connectivity index (χ1) is 8.79. The van der Waals surface area contributed by atoms with Gasteiger partial charge in [-0.15, -0.1) is 0 Å². The van der Waals surface area contributed by atoms with Gasteiger partial charge in [0, 0.05) is 11.7 Å². The molecule has 1 fully saturated rings. The fourth-order valence-corrected chi connectivity index (χ4v) is 2.98. The van der Waals surface area contributed by atoms with Crippen molar-refractivity contribution in [3.8, 4) is 0 Å². The van der Waals surface area contributed by atoms with Crippen LogP contribution in [0.15, 0.2) is 4.52 Å². The van der Waals surface area contributed by atoms with E-state index in [-0.39, 0.29) is 6.61 Å². The molecule has 0 saturated heterocycles. The van der Waals surface area contributed by atoms with Gasteiger partial charge in [0.15, 0.2) is 5.82 Å². The van der Waals surface area contributed by atoms with E-state index in [1.807, 2.05) is 0 Å². The van der Waals surface area contributed by atoms with Crippen LogP contribution in [0.25, 0.3) is 0 Å². The van der Waals surface area contributed by atoms with Crippen molar-refractivity contribution >= 4 is 11.8 Å². The third-order valence-corrected chi connectivity index (χ3v) is 4.27. The highest BCUT2D eigenvalue weighted by Crippen LogP contribution is 2.31. The van der Waals surface area contributed by atoms with Crippen LogP contribution in [0.3, 0.4) is 0 Å². The third-order valence-electron chi connectivity index (χ3n) is 3.19. The van der Waals surface area contributed by atoms with Crippen molar-refractivity contribution in [1.29, 1.82) is 0 Å². The number of nitrogens with zero attached hydrogens (tertiary/aromatic N) is 2. The number of hydrogen-bond acceptors (Lipinski definition) is 6. The smallest absolute Gasteiger partial charge is 0.229 e. The quantitative estimate of drug-likeness (QED) is 0.820. The lowest BCUT2D eigenvalue weighted by Crippen LogP contribution is -2.14. The van der Waals surface area contributed by atoms with Crippen molar-refractivity contribution < 1.29 is 14.7 Å². The first kappa shape index (κ1) is 13.8. The molecule has 102 valence electrons. The average Bonchev–Trinajstić information content (AvgIpc) is 2.88. The molecule has 0 spiro atoms. The van der Waals surface area contributed by atoms with Gasteiger partial charge in [0.05, 0.1) is 18.5 Å². The summed E-state index contributed by atoms with van der Waals surface area (Å²) in [6, 6.07) is 0. The maximum absolute atomic E-state index is 9.21. The Morgan fingerprint density at radius 3 is 2.83 bits per heavy atom. The van der Waals surface area contributed by atoms with Crippen LogP contribution >= 0.6 is 11.8 Å². The van der Waals surface area contributed by atoms with Crippen molar-refractivity contribution in [3.63, 3.8) is 0 Å². The number of hydrogen-bond donors (Lipinski definition) is 2. The highest BCUT2D eigenvalue weighted by atomic mass is 32.2.